The molecule has 11 nitrogen and oxygen atoms in total. The minimum absolute atomic E-state index is 0.0243. The highest BCUT2D eigenvalue weighted by Gasteiger charge is 2.51. The number of hydrogen-bond acceptors (Lipinski definition) is 10. The number of nitrogens with one attached hydrogen (secondary N) is 1. The van der Waals surface area contributed by atoms with Crippen LogP contribution in [0.25, 0.3) is 33.1 Å². The number of ether oxygens (including phenoxy) is 2. The van der Waals surface area contributed by atoms with E-state index in [1.54, 1.807) is 11.8 Å². The van der Waals surface area contributed by atoms with Crippen molar-refractivity contribution in [2.24, 2.45) is 11.8 Å². The number of nitrogens with two attached hydrogens (primary N) is 1. The van der Waals surface area contributed by atoms with Crippen molar-refractivity contribution in [1.29, 1.82) is 0 Å². The lowest BCUT2D eigenvalue weighted by molar-refractivity contribution is -0.137. The van der Waals surface area contributed by atoms with Crippen molar-refractivity contribution in [2.75, 3.05) is 37.4 Å². The number of fused-ring (bicyclic) bond motifs is 2. The zero-order chi connectivity index (χ0) is 34.5. The molecule has 1 saturated heterocycles. The van der Waals surface area contributed by atoms with E-state index in [2.05, 4.69) is 30.0 Å². The number of likely N-dealkylation sites (N-methyl/N-ethyl adjacent to an activating group) is 1. The highest BCUT2D eigenvalue weighted by Crippen LogP contribution is 2.50. The standard InChI is InChI=1S/C33H32F5N9O2/c1-13-5-21-20(9-41-45-21)23(25(13)33(36,37)38)27-26(35)28-24-30(44-32(43-28)49-12-22-19-6-16(19)10-46(22)4)47(14(2)11-48-31(24)42-27)15(3)18-7-17(34)8-40-29(18)39/h5,7-9,14-16,19,22H,6,10-12H2,1-4H3,(H2,39,40)(H,41,45)/t14-,15+,16-,19-,22+/m0/s1. The molecule has 2 fully saturated rings. The van der Waals surface area contributed by atoms with Crippen LogP contribution in [0.5, 0.6) is 11.9 Å². The molecular weight excluding hydrogens is 649 g/mol. The topological polar surface area (TPSA) is 131 Å². The van der Waals surface area contributed by atoms with E-state index in [1.807, 2.05) is 14.0 Å². The number of H-pyrrole nitrogens is 1. The van der Waals surface area contributed by atoms with E-state index in [-0.39, 0.29) is 70.2 Å². The summed E-state index contributed by atoms with van der Waals surface area (Å²) in [6.07, 6.45) is -1.55. The Balaban J connectivity index is 1.37. The second-order valence-electron chi connectivity index (χ2n) is 13.3. The first-order valence-electron chi connectivity index (χ1n) is 15.9. The van der Waals surface area contributed by atoms with E-state index in [4.69, 9.17) is 20.2 Å². The SMILES string of the molecule is Cc1cc2[nH]ncc2c(-c2nc3c4c(nc(OC[C@@H]5[C@H]6C[C@H]6CN5C)nc4c2F)N([C@H](C)c2cc(F)cnc2N)[C@@H](C)CO3)c1C(F)(F)F. The van der Waals surface area contributed by atoms with Gasteiger partial charge < -0.3 is 20.1 Å². The maximum Gasteiger partial charge on any atom is 0.417 e. The molecule has 3 aliphatic rings. The van der Waals surface area contributed by atoms with E-state index in [1.165, 1.54) is 25.3 Å². The molecule has 0 bridgehead atoms. The third kappa shape index (κ3) is 5.06. The molecule has 1 saturated carbocycles. The van der Waals surface area contributed by atoms with Crippen molar-refractivity contribution in [3.8, 4) is 23.1 Å². The molecule has 6 heterocycles. The summed E-state index contributed by atoms with van der Waals surface area (Å²) in [5.74, 6) is -0.588. The molecule has 1 aliphatic carbocycles. The number of nitrogen functional groups attached to an aromatic ring is 1. The van der Waals surface area contributed by atoms with Crippen LogP contribution in [-0.2, 0) is 6.18 Å². The van der Waals surface area contributed by atoms with Crippen LogP contribution in [0.4, 0.5) is 33.6 Å². The Bertz CT molecular complexity index is 2140. The number of aromatic nitrogens is 6. The summed E-state index contributed by atoms with van der Waals surface area (Å²) >= 11 is 0. The molecule has 2 aliphatic heterocycles. The van der Waals surface area contributed by atoms with E-state index in [0.29, 0.717) is 17.4 Å². The number of rotatable bonds is 6. The quantitative estimate of drug-likeness (QED) is 0.211. The molecule has 1 aromatic carbocycles. The summed E-state index contributed by atoms with van der Waals surface area (Å²) in [6.45, 7) is 6.00. The molecule has 256 valence electrons. The van der Waals surface area contributed by atoms with Gasteiger partial charge in [0.1, 0.15) is 47.3 Å². The molecule has 3 N–H and O–H groups in total. The fourth-order valence-electron chi connectivity index (χ4n) is 7.66. The van der Waals surface area contributed by atoms with Gasteiger partial charge in [0.05, 0.1) is 35.6 Å². The molecule has 5 aromatic rings. The van der Waals surface area contributed by atoms with Crippen molar-refractivity contribution in [3.63, 3.8) is 0 Å². The number of alkyl halides is 3. The lowest BCUT2D eigenvalue weighted by Gasteiger charge is -2.35. The minimum atomic E-state index is -4.86. The number of nitrogens with zero attached hydrogens (tertiary/aromatic N) is 7. The van der Waals surface area contributed by atoms with Crippen molar-refractivity contribution < 1.29 is 31.4 Å². The van der Waals surface area contributed by atoms with Gasteiger partial charge in [0.2, 0.25) is 5.88 Å². The van der Waals surface area contributed by atoms with Crippen LogP contribution >= 0.6 is 0 Å². The zero-order valence-corrected chi connectivity index (χ0v) is 26.9. The highest BCUT2D eigenvalue weighted by molar-refractivity contribution is 6.02. The largest absolute Gasteiger partial charge is 0.475 e. The van der Waals surface area contributed by atoms with Gasteiger partial charge in [-0.05, 0) is 63.8 Å². The predicted octanol–water partition coefficient (Wildman–Crippen LogP) is 5.83. The predicted molar refractivity (Wildman–Crippen MR) is 170 cm³/mol. The van der Waals surface area contributed by atoms with Crippen molar-refractivity contribution in [1.82, 2.24) is 35.0 Å². The maximum atomic E-state index is 17.1. The Kier molecular flexibility index (Phi) is 7.10. The molecule has 16 heteroatoms. The normalized spacial score (nSPS) is 22.7. The van der Waals surface area contributed by atoms with Gasteiger partial charge in [-0.15, -0.1) is 0 Å². The van der Waals surface area contributed by atoms with E-state index >= 15 is 4.39 Å². The van der Waals surface area contributed by atoms with Gasteiger partial charge in [-0.3, -0.25) is 10.00 Å². The Morgan fingerprint density at radius 3 is 2.69 bits per heavy atom. The van der Waals surface area contributed by atoms with Crippen molar-refractivity contribution in [2.45, 2.75) is 51.5 Å². The van der Waals surface area contributed by atoms with Crippen LogP contribution in [-0.4, -0.2) is 73.9 Å². The highest BCUT2D eigenvalue weighted by atomic mass is 19.4. The number of benzene rings is 1. The number of likely N-dealkylation sites (tertiary alicyclic amines) is 1. The van der Waals surface area contributed by atoms with Crippen molar-refractivity contribution >= 4 is 33.4 Å². The Morgan fingerprint density at radius 1 is 1.16 bits per heavy atom. The Labute approximate surface area is 276 Å². The second-order valence-corrected chi connectivity index (χ2v) is 13.3. The van der Waals surface area contributed by atoms with Crippen molar-refractivity contribution in [3.05, 3.63) is 52.9 Å². The first kappa shape index (κ1) is 31.4. The zero-order valence-electron chi connectivity index (χ0n) is 26.9. The fourth-order valence-corrected chi connectivity index (χ4v) is 7.66. The smallest absolute Gasteiger partial charge is 0.417 e. The summed E-state index contributed by atoms with van der Waals surface area (Å²) in [5, 5.41) is 6.66. The van der Waals surface area contributed by atoms with Crippen LogP contribution in [0, 0.1) is 30.4 Å². The summed E-state index contributed by atoms with van der Waals surface area (Å²) in [4.78, 5) is 21.6. The molecule has 0 amide bonds. The Morgan fingerprint density at radius 2 is 1.96 bits per heavy atom. The first-order chi connectivity index (χ1) is 23.3. The summed E-state index contributed by atoms with van der Waals surface area (Å²) in [6, 6.07) is 1.33. The molecule has 0 spiro atoms. The van der Waals surface area contributed by atoms with E-state index < -0.39 is 46.7 Å². The van der Waals surface area contributed by atoms with Gasteiger partial charge in [-0.2, -0.15) is 28.2 Å². The van der Waals surface area contributed by atoms with Gasteiger partial charge in [-0.25, -0.2) is 18.7 Å². The number of hydrogen-bond donors (Lipinski definition) is 2. The summed E-state index contributed by atoms with van der Waals surface area (Å²) in [5.41, 5.74) is 4.16. The van der Waals surface area contributed by atoms with Crippen LogP contribution in [0.1, 0.15) is 43.0 Å². The number of aromatic amines is 1. The second kappa shape index (κ2) is 11.1. The minimum Gasteiger partial charge on any atom is -0.475 e. The summed E-state index contributed by atoms with van der Waals surface area (Å²) < 4.78 is 87.8. The van der Waals surface area contributed by atoms with E-state index in [9.17, 15) is 17.6 Å². The molecule has 49 heavy (non-hydrogen) atoms. The number of aryl methyl sites for hydroxylation is 1. The fraction of sp³-hybridized carbons (Fsp3) is 0.424. The van der Waals surface area contributed by atoms with Crippen LogP contribution < -0.4 is 20.1 Å². The third-order valence-electron chi connectivity index (χ3n) is 10.1. The molecule has 5 atom stereocenters. The van der Waals surface area contributed by atoms with Gasteiger partial charge >= 0.3 is 12.2 Å². The van der Waals surface area contributed by atoms with Gasteiger partial charge in [0.15, 0.2) is 5.82 Å². The van der Waals surface area contributed by atoms with E-state index in [0.717, 1.165) is 19.2 Å². The molecule has 4 aromatic heterocycles. The first-order valence-corrected chi connectivity index (χ1v) is 15.9. The van der Waals surface area contributed by atoms with Gasteiger partial charge in [0.25, 0.3) is 0 Å². The lowest BCUT2D eigenvalue weighted by Crippen LogP contribution is -2.39. The maximum absolute atomic E-state index is 17.1. The summed E-state index contributed by atoms with van der Waals surface area (Å²) in [7, 11) is 2.01. The molecule has 0 unspecified atom stereocenters. The number of halogens is 5. The third-order valence-corrected chi connectivity index (χ3v) is 10.1. The average Bonchev–Trinajstić information content (AvgIpc) is 3.54. The lowest BCUT2D eigenvalue weighted by atomic mass is 9.94. The number of pyridine rings is 2. The van der Waals surface area contributed by atoms with Gasteiger partial charge in [-0.1, -0.05) is 0 Å². The monoisotopic (exact) mass is 681 g/mol. The molecule has 0 radical (unpaired) electrons. The Hall–Kier alpha value is -4.86. The van der Waals surface area contributed by atoms with Crippen LogP contribution in [0.2, 0.25) is 0 Å². The van der Waals surface area contributed by atoms with Crippen LogP contribution in [0.15, 0.2) is 24.5 Å². The number of piperidine rings is 1. The molecule has 8 rings (SSSR count). The van der Waals surface area contributed by atoms with Gasteiger partial charge in [0, 0.05) is 29.1 Å². The average molecular weight is 682 g/mol. The van der Waals surface area contributed by atoms with Crippen LogP contribution in [0.3, 0.4) is 0 Å². The molecular formula is C33H32F5N9O2. The number of anilines is 2.